The predicted molar refractivity (Wildman–Crippen MR) is 110 cm³/mol. The van der Waals surface area contributed by atoms with E-state index in [1.165, 1.54) is 0 Å². The zero-order valence-corrected chi connectivity index (χ0v) is 17.8. The van der Waals surface area contributed by atoms with Crippen LogP contribution < -0.4 is 0 Å². The molecule has 8 heteroatoms. The number of hydrogen-bond donors (Lipinski definition) is 1. The van der Waals surface area contributed by atoms with Crippen LogP contribution in [0.15, 0.2) is 24.5 Å². The molecule has 0 fully saturated rings. The average molecular weight is 480 g/mol. The van der Waals surface area contributed by atoms with E-state index >= 15 is 0 Å². The number of aliphatic hydroxyl groups is 1. The molecule has 0 spiro atoms. The molecule has 2 heterocycles. The first kappa shape index (κ1) is 19.7. The molecule has 142 valence electrons. The van der Waals surface area contributed by atoms with Crippen molar-refractivity contribution in [3.8, 4) is 11.1 Å². The van der Waals surface area contributed by atoms with Crippen LogP contribution in [0, 0.1) is 10.6 Å². The van der Waals surface area contributed by atoms with Gasteiger partial charge in [-0.25, -0.2) is 9.97 Å². The van der Waals surface area contributed by atoms with Crippen LogP contribution in [0.2, 0.25) is 0 Å². The van der Waals surface area contributed by atoms with E-state index in [4.69, 9.17) is 4.74 Å². The largest absolute Gasteiger partial charge is 0.459 e. The molecule has 1 N–H and O–H groups in total. The second-order valence-electron chi connectivity index (χ2n) is 7.24. The number of carbonyl (C=O) groups is 1. The molecule has 7 nitrogen and oxygen atoms in total. The van der Waals surface area contributed by atoms with Gasteiger partial charge in [-0.05, 0) is 73.5 Å². The summed E-state index contributed by atoms with van der Waals surface area (Å²) in [7, 11) is 0. The third-order valence-electron chi connectivity index (χ3n) is 3.89. The van der Waals surface area contributed by atoms with Crippen molar-refractivity contribution >= 4 is 39.5 Å². The number of rotatable bonds is 4. The van der Waals surface area contributed by atoms with Crippen LogP contribution >= 0.6 is 22.6 Å². The minimum Gasteiger partial charge on any atom is -0.459 e. The molecular weight excluding hydrogens is 459 g/mol. The number of esters is 1. The van der Waals surface area contributed by atoms with Gasteiger partial charge in [0, 0.05) is 23.3 Å². The fourth-order valence-corrected chi connectivity index (χ4v) is 3.46. The molecule has 0 aliphatic heterocycles. The number of aromatic nitrogens is 4. The Bertz CT molecular complexity index is 991. The Hall–Kier alpha value is -2.07. The third kappa shape index (κ3) is 4.44. The lowest BCUT2D eigenvalue weighted by molar-refractivity contribution is -0.155. The van der Waals surface area contributed by atoms with E-state index in [1.807, 2.05) is 39.8 Å². The maximum atomic E-state index is 12.2. The first-order chi connectivity index (χ1) is 12.7. The molecule has 2 aromatic heterocycles. The van der Waals surface area contributed by atoms with Gasteiger partial charge in [-0.15, -0.1) is 0 Å². The summed E-state index contributed by atoms with van der Waals surface area (Å²) in [6.07, 6.45) is 3.47. The predicted octanol–water partition coefficient (Wildman–Crippen LogP) is 3.24. The van der Waals surface area contributed by atoms with Gasteiger partial charge in [0.05, 0.1) is 12.1 Å². The standard InChI is InChI=1S/C19H21IN4O3/c1-11-21-7-13(8-22-11)14-6-15-16(5-12(14)10-25)24(23-18(15)20)9-17(26)27-19(2,3)4/h5-8,25H,9-10H2,1-4H3. The Morgan fingerprint density at radius 3 is 2.52 bits per heavy atom. The molecule has 0 saturated heterocycles. The van der Waals surface area contributed by atoms with E-state index in [9.17, 15) is 9.90 Å². The van der Waals surface area contributed by atoms with Crippen molar-refractivity contribution < 1.29 is 14.6 Å². The smallest absolute Gasteiger partial charge is 0.328 e. The highest BCUT2D eigenvalue weighted by Crippen LogP contribution is 2.31. The van der Waals surface area contributed by atoms with Crippen LogP contribution in [0.4, 0.5) is 0 Å². The van der Waals surface area contributed by atoms with Gasteiger partial charge in [0.1, 0.15) is 21.7 Å². The van der Waals surface area contributed by atoms with Crippen molar-refractivity contribution in [2.45, 2.75) is 46.4 Å². The van der Waals surface area contributed by atoms with Gasteiger partial charge in [-0.3, -0.25) is 9.48 Å². The van der Waals surface area contributed by atoms with Gasteiger partial charge < -0.3 is 9.84 Å². The highest BCUT2D eigenvalue weighted by Gasteiger charge is 2.20. The number of nitrogens with zero attached hydrogens (tertiary/aromatic N) is 4. The van der Waals surface area contributed by atoms with E-state index in [-0.39, 0.29) is 19.1 Å². The van der Waals surface area contributed by atoms with Gasteiger partial charge in [0.15, 0.2) is 0 Å². The highest BCUT2D eigenvalue weighted by atomic mass is 127. The van der Waals surface area contributed by atoms with Crippen LogP contribution in [0.25, 0.3) is 22.0 Å². The molecule has 0 aliphatic carbocycles. The summed E-state index contributed by atoms with van der Waals surface area (Å²) in [6.45, 7) is 7.17. The van der Waals surface area contributed by atoms with E-state index < -0.39 is 5.60 Å². The molecule has 0 bridgehead atoms. The van der Waals surface area contributed by atoms with Crippen LogP contribution in [0.5, 0.6) is 0 Å². The maximum Gasteiger partial charge on any atom is 0.328 e. The Morgan fingerprint density at radius 1 is 1.26 bits per heavy atom. The highest BCUT2D eigenvalue weighted by molar-refractivity contribution is 14.1. The van der Waals surface area contributed by atoms with Crippen molar-refractivity contribution in [1.29, 1.82) is 0 Å². The lowest BCUT2D eigenvalue weighted by Crippen LogP contribution is -2.26. The van der Waals surface area contributed by atoms with E-state index in [0.29, 0.717) is 5.82 Å². The Balaban J connectivity index is 2.05. The molecule has 3 rings (SSSR count). The van der Waals surface area contributed by atoms with E-state index in [1.54, 1.807) is 17.1 Å². The minimum absolute atomic E-state index is 0.00856. The molecule has 0 aliphatic rings. The summed E-state index contributed by atoms with van der Waals surface area (Å²) < 4.78 is 7.77. The van der Waals surface area contributed by atoms with Gasteiger partial charge in [-0.1, -0.05) is 0 Å². The molecule has 0 radical (unpaired) electrons. The number of benzene rings is 1. The number of aliphatic hydroxyl groups excluding tert-OH is 1. The fraction of sp³-hybridized carbons (Fsp3) is 0.368. The quantitative estimate of drug-likeness (QED) is 0.456. The van der Waals surface area contributed by atoms with Gasteiger partial charge in [0.25, 0.3) is 0 Å². The molecule has 0 atom stereocenters. The molecule has 1 aromatic carbocycles. The summed E-state index contributed by atoms with van der Waals surface area (Å²) in [5.74, 6) is 0.329. The van der Waals surface area contributed by atoms with Crippen LogP contribution in [0.1, 0.15) is 32.2 Å². The van der Waals surface area contributed by atoms with Crippen molar-refractivity contribution in [2.75, 3.05) is 0 Å². The Morgan fingerprint density at radius 2 is 1.93 bits per heavy atom. The first-order valence-corrected chi connectivity index (χ1v) is 9.56. The molecule has 0 saturated carbocycles. The summed E-state index contributed by atoms with van der Waals surface area (Å²) in [5.41, 5.74) is 2.60. The van der Waals surface area contributed by atoms with Crippen LogP contribution in [-0.4, -0.2) is 36.4 Å². The second-order valence-corrected chi connectivity index (χ2v) is 8.26. The normalized spacial score (nSPS) is 11.8. The second kappa shape index (κ2) is 7.51. The number of hydrogen-bond acceptors (Lipinski definition) is 6. The maximum absolute atomic E-state index is 12.2. The number of fused-ring (bicyclic) bond motifs is 1. The van der Waals surface area contributed by atoms with Gasteiger partial charge >= 0.3 is 5.97 Å². The van der Waals surface area contributed by atoms with Gasteiger partial charge in [-0.2, -0.15) is 5.10 Å². The topological polar surface area (TPSA) is 90.1 Å². The Labute approximate surface area is 170 Å². The molecule has 0 amide bonds. The molecule has 27 heavy (non-hydrogen) atoms. The van der Waals surface area contributed by atoms with E-state index in [2.05, 4.69) is 37.7 Å². The fourth-order valence-electron chi connectivity index (χ4n) is 2.77. The number of aryl methyl sites for hydroxylation is 1. The number of halogens is 1. The summed E-state index contributed by atoms with van der Waals surface area (Å²) in [6, 6.07) is 3.80. The third-order valence-corrected chi connectivity index (χ3v) is 4.69. The zero-order chi connectivity index (χ0) is 19.8. The average Bonchev–Trinajstić information content (AvgIpc) is 2.88. The van der Waals surface area contributed by atoms with Crippen molar-refractivity contribution in [2.24, 2.45) is 0 Å². The Kier molecular flexibility index (Phi) is 5.48. The van der Waals surface area contributed by atoms with Crippen LogP contribution in [-0.2, 0) is 22.7 Å². The van der Waals surface area contributed by atoms with E-state index in [0.717, 1.165) is 31.3 Å². The van der Waals surface area contributed by atoms with Crippen molar-refractivity contribution in [3.63, 3.8) is 0 Å². The lowest BCUT2D eigenvalue weighted by atomic mass is 10.0. The minimum atomic E-state index is -0.554. The molecule has 0 unspecified atom stereocenters. The summed E-state index contributed by atoms with van der Waals surface area (Å²) in [4.78, 5) is 20.7. The lowest BCUT2D eigenvalue weighted by Gasteiger charge is -2.19. The van der Waals surface area contributed by atoms with Crippen molar-refractivity contribution in [1.82, 2.24) is 19.7 Å². The number of ether oxygens (including phenoxy) is 1. The zero-order valence-electron chi connectivity index (χ0n) is 15.7. The molecular formula is C19H21IN4O3. The van der Waals surface area contributed by atoms with Gasteiger partial charge in [0.2, 0.25) is 0 Å². The molecule has 3 aromatic rings. The summed E-state index contributed by atoms with van der Waals surface area (Å²) in [5, 5.41) is 15.2. The summed E-state index contributed by atoms with van der Waals surface area (Å²) >= 11 is 2.14. The van der Waals surface area contributed by atoms with Crippen molar-refractivity contribution in [3.05, 3.63) is 39.6 Å². The monoisotopic (exact) mass is 480 g/mol. The SMILES string of the molecule is Cc1ncc(-c2cc3c(I)nn(CC(=O)OC(C)(C)C)c3cc2CO)cn1. The van der Waals surface area contributed by atoms with Crippen LogP contribution in [0.3, 0.4) is 0 Å². The number of carbonyl (C=O) groups excluding carboxylic acids is 1. The first-order valence-electron chi connectivity index (χ1n) is 8.48.